The Bertz CT molecular complexity index is 719. The lowest BCUT2D eigenvalue weighted by Gasteiger charge is -2.27. The molecule has 1 aromatic heterocycles. The van der Waals surface area contributed by atoms with Crippen LogP contribution in [0, 0.1) is 5.82 Å². The third-order valence-corrected chi connectivity index (χ3v) is 5.49. The van der Waals surface area contributed by atoms with Crippen LogP contribution in [0.2, 0.25) is 0 Å². The van der Waals surface area contributed by atoms with Gasteiger partial charge in [-0.15, -0.1) is 0 Å². The molecule has 0 saturated carbocycles. The smallest absolute Gasteiger partial charge is 0.221 e. The molecule has 0 saturated heterocycles. The van der Waals surface area contributed by atoms with E-state index in [0.717, 1.165) is 29.4 Å². The van der Waals surface area contributed by atoms with Crippen LogP contribution >= 0.6 is 11.5 Å². The van der Waals surface area contributed by atoms with Crippen molar-refractivity contribution in [3.8, 4) is 0 Å². The standard InChI is InChI=1S/C20H29FN4OS/c1-5-14(3)22-19(26)11-12-25(15(4)6-2)20-23-18(24-27-20)13-16-7-9-17(21)10-8-16/h7-10,14-15H,5-6,11-13H2,1-4H3,(H,22,26)/t14-,15-/m1/s1. The van der Waals surface area contributed by atoms with E-state index in [0.29, 0.717) is 19.4 Å². The molecule has 2 atom stereocenters. The Labute approximate surface area is 165 Å². The first-order chi connectivity index (χ1) is 12.9. The van der Waals surface area contributed by atoms with Gasteiger partial charge in [-0.25, -0.2) is 9.37 Å². The number of rotatable bonds is 10. The molecular formula is C20H29FN4OS. The largest absolute Gasteiger partial charge is 0.354 e. The van der Waals surface area contributed by atoms with Crippen molar-refractivity contribution in [2.45, 2.75) is 65.5 Å². The van der Waals surface area contributed by atoms with E-state index in [1.807, 2.05) is 6.92 Å². The predicted octanol–water partition coefficient (Wildman–Crippen LogP) is 4.18. The monoisotopic (exact) mass is 392 g/mol. The second-order valence-corrected chi connectivity index (χ2v) is 7.60. The van der Waals surface area contributed by atoms with Crippen molar-refractivity contribution < 1.29 is 9.18 Å². The molecule has 0 spiro atoms. The van der Waals surface area contributed by atoms with Crippen LogP contribution in [-0.4, -0.2) is 33.9 Å². The summed E-state index contributed by atoms with van der Waals surface area (Å²) < 4.78 is 17.5. The minimum Gasteiger partial charge on any atom is -0.354 e. The lowest BCUT2D eigenvalue weighted by Crippen LogP contribution is -2.38. The molecule has 2 rings (SSSR count). The van der Waals surface area contributed by atoms with E-state index in [1.165, 1.54) is 23.7 Å². The number of nitrogens with one attached hydrogen (secondary N) is 1. The molecule has 0 bridgehead atoms. The third kappa shape index (κ3) is 6.57. The Balaban J connectivity index is 2.02. The molecule has 1 amide bonds. The highest BCUT2D eigenvalue weighted by Gasteiger charge is 2.19. The van der Waals surface area contributed by atoms with Gasteiger partial charge in [-0.3, -0.25) is 4.79 Å². The zero-order chi connectivity index (χ0) is 19.8. The molecule has 0 radical (unpaired) electrons. The molecule has 1 aromatic carbocycles. The van der Waals surface area contributed by atoms with Crippen LogP contribution in [0.3, 0.4) is 0 Å². The van der Waals surface area contributed by atoms with Crippen LogP contribution in [0.25, 0.3) is 0 Å². The minimum absolute atomic E-state index is 0.0636. The Kier molecular flexibility index (Phi) is 8.16. The average Bonchev–Trinajstić information content (AvgIpc) is 3.11. The first kappa shape index (κ1) is 21.3. The van der Waals surface area contributed by atoms with Crippen LogP contribution in [0.5, 0.6) is 0 Å². The van der Waals surface area contributed by atoms with Gasteiger partial charge in [-0.05, 0) is 44.4 Å². The number of hydrogen-bond donors (Lipinski definition) is 1. The Morgan fingerprint density at radius 1 is 1.22 bits per heavy atom. The molecule has 0 unspecified atom stereocenters. The predicted molar refractivity (Wildman–Crippen MR) is 109 cm³/mol. The van der Waals surface area contributed by atoms with Crippen LogP contribution in [-0.2, 0) is 11.2 Å². The fourth-order valence-electron chi connectivity index (χ4n) is 2.61. The fraction of sp³-hybridized carbons (Fsp3) is 0.550. The molecule has 0 fully saturated rings. The van der Waals surface area contributed by atoms with Crippen LogP contribution in [0.4, 0.5) is 9.52 Å². The number of nitrogens with zero attached hydrogens (tertiary/aromatic N) is 3. The first-order valence-corrected chi connectivity index (χ1v) is 10.3. The Morgan fingerprint density at radius 2 is 1.93 bits per heavy atom. The average molecular weight is 393 g/mol. The number of anilines is 1. The van der Waals surface area contributed by atoms with Crippen LogP contribution in [0.1, 0.15) is 58.3 Å². The summed E-state index contributed by atoms with van der Waals surface area (Å²) in [6, 6.07) is 6.86. The van der Waals surface area contributed by atoms with Gasteiger partial charge in [0.1, 0.15) is 11.6 Å². The van der Waals surface area contributed by atoms with Crippen molar-refractivity contribution in [1.29, 1.82) is 0 Å². The Hall–Kier alpha value is -2.02. The van der Waals surface area contributed by atoms with Crippen molar-refractivity contribution in [3.05, 3.63) is 41.5 Å². The van der Waals surface area contributed by atoms with E-state index in [1.54, 1.807) is 12.1 Å². The normalized spacial score (nSPS) is 13.2. The summed E-state index contributed by atoms with van der Waals surface area (Å²) >= 11 is 1.35. The first-order valence-electron chi connectivity index (χ1n) is 9.55. The number of benzene rings is 1. The molecule has 27 heavy (non-hydrogen) atoms. The molecule has 0 aliphatic carbocycles. The molecular weight excluding hydrogens is 363 g/mol. The lowest BCUT2D eigenvalue weighted by atomic mass is 10.1. The van der Waals surface area contributed by atoms with E-state index >= 15 is 0 Å². The summed E-state index contributed by atoms with van der Waals surface area (Å²) in [5.41, 5.74) is 0.976. The third-order valence-electron chi connectivity index (χ3n) is 4.70. The molecule has 0 aliphatic rings. The van der Waals surface area contributed by atoms with E-state index in [-0.39, 0.29) is 23.8 Å². The maximum atomic E-state index is 13.0. The van der Waals surface area contributed by atoms with E-state index < -0.39 is 0 Å². The van der Waals surface area contributed by atoms with E-state index in [2.05, 4.69) is 40.3 Å². The molecule has 5 nitrogen and oxygen atoms in total. The highest BCUT2D eigenvalue weighted by atomic mass is 32.1. The van der Waals surface area contributed by atoms with Gasteiger partial charge in [0, 0.05) is 43.0 Å². The maximum absolute atomic E-state index is 13.0. The molecule has 148 valence electrons. The molecule has 2 aromatic rings. The van der Waals surface area contributed by atoms with Gasteiger partial charge in [0.2, 0.25) is 11.0 Å². The molecule has 1 N–H and O–H groups in total. The number of carbonyl (C=O) groups is 1. The minimum atomic E-state index is -0.246. The summed E-state index contributed by atoms with van der Waals surface area (Å²) in [5.74, 6) is 0.539. The second kappa shape index (κ2) is 10.3. The number of aromatic nitrogens is 2. The summed E-state index contributed by atoms with van der Waals surface area (Å²) in [4.78, 5) is 18.9. The van der Waals surface area contributed by atoms with Gasteiger partial charge in [-0.2, -0.15) is 4.37 Å². The van der Waals surface area contributed by atoms with Crippen molar-refractivity contribution in [2.75, 3.05) is 11.4 Å². The molecule has 7 heteroatoms. The SMILES string of the molecule is CC[C@@H](C)NC(=O)CCN(c1nc(Cc2ccc(F)cc2)ns1)[C@H](C)CC. The van der Waals surface area contributed by atoms with E-state index in [9.17, 15) is 9.18 Å². The van der Waals surface area contributed by atoms with Gasteiger partial charge in [0.25, 0.3) is 0 Å². The molecule has 1 heterocycles. The van der Waals surface area contributed by atoms with Crippen molar-refractivity contribution in [3.63, 3.8) is 0 Å². The van der Waals surface area contributed by atoms with Gasteiger partial charge >= 0.3 is 0 Å². The quantitative estimate of drug-likeness (QED) is 0.659. The van der Waals surface area contributed by atoms with Crippen LogP contribution < -0.4 is 10.2 Å². The van der Waals surface area contributed by atoms with Crippen LogP contribution in [0.15, 0.2) is 24.3 Å². The second-order valence-electron chi connectivity index (χ2n) is 6.87. The highest BCUT2D eigenvalue weighted by molar-refractivity contribution is 7.09. The van der Waals surface area contributed by atoms with Crippen molar-refractivity contribution in [2.24, 2.45) is 0 Å². The van der Waals surface area contributed by atoms with Gasteiger partial charge in [-0.1, -0.05) is 26.0 Å². The Morgan fingerprint density at radius 3 is 2.56 bits per heavy atom. The highest BCUT2D eigenvalue weighted by Crippen LogP contribution is 2.22. The number of hydrogen-bond acceptors (Lipinski definition) is 5. The summed E-state index contributed by atoms with van der Waals surface area (Å²) in [6.45, 7) is 8.94. The maximum Gasteiger partial charge on any atom is 0.221 e. The zero-order valence-electron chi connectivity index (χ0n) is 16.5. The summed E-state index contributed by atoms with van der Waals surface area (Å²) in [5, 5.41) is 3.84. The van der Waals surface area contributed by atoms with Crippen molar-refractivity contribution >= 4 is 22.6 Å². The lowest BCUT2D eigenvalue weighted by molar-refractivity contribution is -0.121. The number of amides is 1. The summed E-state index contributed by atoms with van der Waals surface area (Å²) in [7, 11) is 0. The zero-order valence-corrected chi connectivity index (χ0v) is 17.4. The number of halogens is 1. The topological polar surface area (TPSA) is 58.1 Å². The number of carbonyl (C=O) groups excluding carboxylic acids is 1. The van der Waals surface area contributed by atoms with Crippen molar-refractivity contribution in [1.82, 2.24) is 14.7 Å². The van der Waals surface area contributed by atoms with Gasteiger partial charge < -0.3 is 10.2 Å². The fourth-order valence-corrected chi connectivity index (χ4v) is 3.43. The van der Waals surface area contributed by atoms with Gasteiger partial charge in [0.05, 0.1) is 0 Å². The summed E-state index contributed by atoms with van der Waals surface area (Å²) in [6.07, 6.45) is 2.88. The molecule has 0 aliphatic heterocycles. The van der Waals surface area contributed by atoms with Gasteiger partial charge in [0.15, 0.2) is 0 Å². The van der Waals surface area contributed by atoms with E-state index in [4.69, 9.17) is 0 Å².